The first-order chi connectivity index (χ1) is 11.1. The number of amides is 1. The van der Waals surface area contributed by atoms with Gasteiger partial charge in [-0.15, -0.1) is 0 Å². The van der Waals surface area contributed by atoms with Crippen molar-refractivity contribution in [2.45, 2.75) is 19.4 Å². The number of rotatable bonds is 7. The fourth-order valence-electron chi connectivity index (χ4n) is 2.38. The van der Waals surface area contributed by atoms with Crippen molar-refractivity contribution in [2.24, 2.45) is 0 Å². The SMILES string of the molecule is COc1ccc(CC(=O)NC(C)c2ccco2)c(OC)c1OC. The Labute approximate surface area is 135 Å². The van der Waals surface area contributed by atoms with Crippen LogP contribution in [0.3, 0.4) is 0 Å². The first-order valence-corrected chi connectivity index (χ1v) is 7.21. The third-order valence-corrected chi connectivity index (χ3v) is 3.48. The normalized spacial score (nSPS) is 11.7. The quantitative estimate of drug-likeness (QED) is 0.850. The molecule has 1 aromatic carbocycles. The lowest BCUT2D eigenvalue weighted by atomic mass is 10.1. The molecule has 0 saturated carbocycles. The van der Waals surface area contributed by atoms with Crippen LogP contribution in [0.15, 0.2) is 34.9 Å². The Kier molecular flexibility index (Phi) is 5.51. The topological polar surface area (TPSA) is 69.9 Å². The molecule has 124 valence electrons. The third-order valence-electron chi connectivity index (χ3n) is 3.48. The number of nitrogens with one attached hydrogen (secondary N) is 1. The summed E-state index contributed by atoms with van der Waals surface area (Å²) in [6, 6.07) is 6.94. The Bertz CT molecular complexity index is 651. The van der Waals surface area contributed by atoms with Crippen molar-refractivity contribution in [3.05, 3.63) is 41.9 Å². The Morgan fingerprint density at radius 3 is 2.43 bits per heavy atom. The van der Waals surface area contributed by atoms with Crippen LogP contribution in [0.25, 0.3) is 0 Å². The minimum Gasteiger partial charge on any atom is -0.493 e. The van der Waals surface area contributed by atoms with Crippen molar-refractivity contribution in [1.82, 2.24) is 5.32 Å². The van der Waals surface area contributed by atoms with E-state index in [0.29, 0.717) is 28.6 Å². The molecule has 0 aliphatic rings. The van der Waals surface area contributed by atoms with E-state index in [2.05, 4.69) is 5.32 Å². The van der Waals surface area contributed by atoms with Gasteiger partial charge in [0, 0.05) is 5.56 Å². The zero-order valence-electron chi connectivity index (χ0n) is 13.7. The van der Waals surface area contributed by atoms with E-state index in [1.807, 2.05) is 13.0 Å². The molecular weight excluding hydrogens is 298 g/mol. The van der Waals surface area contributed by atoms with Gasteiger partial charge in [0.05, 0.1) is 40.1 Å². The van der Waals surface area contributed by atoms with Crippen molar-refractivity contribution in [3.8, 4) is 17.2 Å². The van der Waals surface area contributed by atoms with Crippen LogP contribution in [0.5, 0.6) is 17.2 Å². The summed E-state index contributed by atoms with van der Waals surface area (Å²) in [6.45, 7) is 1.86. The number of benzene rings is 1. The number of carbonyl (C=O) groups is 1. The summed E-state index contributed by atoms with van der Waals surface area (Å²) >= 11 is 0. The van der Waals surface area contributed by atoms with Crippen LogP contribution in [0.4, 0.5) is 0 Å². The standard InChI is InChI=1S/C17H21NO5/c1-11(13-6-5-9-23-13)18-15(19)10-12-7-8-14(20-2)17(22-4)16(12)21-3/h5-9,11H,10H2,1-4H3,(H,18,19). The molecule has 23 heavy (non-hydrogen) atoms. The molecule has 6 heteroatoms. The van der Waals surface area contributed by atoms with E-state index < -0.39 is 0 Å². The zero-order valence-corrected chi connectivity index (χ0v) is 13.7. The molecule has 1 aromatic heterocycles. The van der Waals surface area contributed by atoms with Crippen LogP contribution in [-0.4, -0.2) is 27.2 Å². The Balaban J connectivity index is 2.14. The molecular formula is C17H21NO5. The summed E-state index contributed by atoms with van der Waals surface area (Å²) in [4.78, 5) is 12.3. The van der Waals surface area contributed by atoms with Gasteiger partial charge in [-0.25, -0.2) is 0 Å². The first kappa shape index (κ1) is 16.7. The molecule has 0 saturated heterocycles. The van der Waals surface area contributed by atoms with Gasteiger partial charge >= 0.3 is 0 Å². The largest absolute Gasteiger partial charge is 0.493 e. The molecule has 0 aliphatic carbocycles. The van der Waals surface area contributed by atoms with E-state index in [-0.39, 0.29) is 18.4 Å². The first-order valence-electron chi connectivity index (χ1n) is 7.21. The predicted octanol–water partition coefficient (Wildman–Crippen LogP) is 2.73. The Hall–Kier alpha value is -2.63. The van der Waals surface area contributed by atoms with E-state index in [0.717, 1.165) is 0 Å². The third kappa shape index (κ3) is 3.77. The number of furan rings is 1. The summed E-state index contributed by atoms with van der Waals surface area (Å²) in [5.74, 6) is 2.08. The minimum absolute atomic E-state index is 0.139. The molecule has 1 atom stereocenters. The lowest BCUT2D eigenvalue weighted by Crippen LogP contribution is -2.28. The fraction of sp³-hybridized carbons (Fsp3) is 0.353. The monoisotopic (exact) mass is 319 g/mol. The number of carbonyl (C=O) groups excluding carboxylic acids is 1. The summed E-state index contributed by atoms with van der Waals surface area (Å²) in [6.07, 6.45) is 1.74. The molecule has 6 nitrogen and oxygen atoms in total. The summed E-state index contributed by atoms with van der Waals surface area (Å²) < 4.78 is 21.2. The highest BCUT2D eigenvalue weighted by molar-refractivity contribution is 5.80. The summed E-state index contributed by atoms with van der Waals surface area (Å²) in [5, 5.41) is 2.89. The molecule has 0 spiro atoms. The van der Waals surface area contributed by atoms with Crippen molar-refractivity contribution in [2.75, 3.05) is 21.3 Å². The zero-order chi connectivity index (χ0) is 16.8. The van der Waals surface area contributed by atoms with Gasteiger partial charge in [-0.1, -0.05) is 6.07 Å². The van der Waals surface area contributed by atoms with Gasteiger partial charge < -0.3 is 23.9 Å². The average molecular weight is 319 g/mol. The molecule has 2 rings (SSSR count). The molecule has 2 aromatic rings. The predicted molar refractivity (Wildman–Crippen MR) is 85.1 cm³/mol. The van der Waals surface area contributed by atoms with Gasteiger partial charge in [-0.05, 0) is 25.1 Å². The second kappa shape index (κ2) is 7.58. The van der Waals surface area contributed by atoms with Crippen molar-refractivity contribution < 1.29 is 23.4 Å². The molecule has 1 unspecified atom stereocenters. The van der Waals surface area contributed by atoms with E-state index >= 15 is 0 Å². The smallest absolute Gasteiger partial charge is 0.225 e. The maximum Gasteiger partial charge on any atom is 0.225 e. The van der Waals surface area contributed by atoms with E-state index in [4.69, 9.17) is 18.6 Å². The molecule has 0 aliphatic heterocycles. The van der Waals surface area contributed by atoms with Crippen molar-refractivity contribution in [3.63, 3.8) is 0 Å². The van der Waals surface area contributed by atoms with Gasteiger partial charge in [0.1, 0.15) is 5.76 Å². The highest BCUT2D eigenvalue weighted by Gasteiger charge is 2.19. The highest BCUT2D eigenvalue weighted by Crippen LogP contribution is 2.39. The molecule has 1 heterocycles. The van der Waals surface area contributed by atoms with E-state index in [1.54, 1.807) is 31.6 Å². The molecule has 0 bridgehead atoms. The molecule has 1 amide bonds. The van der Waals surface area contributed by atoms with Gasteiger partial charge in [0.2, 0.25) is 11.7 Å². The van der Waals surface area contributed by atoms with Gasteiger partial charge in [0.25, 0.3) is 0 Å². The van der Waals surface area contributed by atoms with E-state index in [1.165, 1.54) is 14.2 Å². The summed E-state index contributed by atoms with van der Waals surface area (Å²) in [5.41, 5.74) is 0.717. The lowest BCUT2D eigenvalue weighted by Gasteiger charge is -2.16. The van der Waals surface area contributed by atoms with Gasteiger partial charge in [-0.3, -0.25) is 4.79 Å². The van der Waals surface area contributed by atoms with Gasteiger partial charge in [0.15, 0.2) is 11.5 Å². The lowest BCUT2D eigenvalue weighted by molar-refractivity contribution is -0.121. The van der Waals surface area contributed by atoms with Crippen LogP contribution in [0, 0.1) is 0 Å². The highest BCUT2D eigenvalue weighted by atomic mass is 16.5. The number of hydrogen-bond acceptors (Lipinski definition) is 5. The maximum atomic E-state index is 12.3. The Morgan fingerprint density at radius 1 is 1.13 bits per heavy atom. The van der Waals surface area contributed by atoms with Crippen LogP contribution >= 0.6 is 0 Å². The van der Waals surface area contributed by atoms with Crippen molar-refractivity contribution in [1.29, 1.82) is 0 Å². The van der Waals surface area contributed by atoms with Crippen LogP contribution in [0.1, 0.15) is 24.3 Å². The summed E-state index contributed by atoms with van der Waals surface area (Å²) in [7, 11) is 4.61. The fourth-order valence-corrected chi connectivity index (χ4v) is 2.38. The average Bonchev–Trinajstić information content (AvgIpc) is 3.08. The van der Waals surface area contributed by atoms with Crippen LogP contribution in [-0.2, 0) is 11.2 Å². The second-order valence-corrected chi connectivity index (χ2v) is 4.97. The minimum atomic E-state index is -0.205. The Morgan fingerprint density at radius 2 is 1.87 bits per heavy atom. The number of ether oxygens (including phenoxy) is 3. The van der Waals surface area contributed by atoms with E-state index in [9.17, 15) is 4.79 Å². The maximum absolute atomic E-state index is 12.3. The molecule has 1 N–H and O–H groups in total. The van der Waals surface area contributed by atoms with Crippen LogP contribution < -0.4 is 19.5 Å². The van der Waals surface area contributed by atoms with Crippen LogP contribution in [0.2, 0.25) is 0 Å². The number of methoxy groups -OCH3 is 3. The molecule has 0 fully saturated rings. The second-order valence-electron chi connectivity index (χ2n) is 4.97. The van der Waals surface area contributed by atoms with Gasteiger partial charge in [-0.2, -0.15) is 0 Å². The molecule has 0 radical (unpaired) electrons. The number of hydrogen-bond donors (Lipinski definition) is 1. The van der Waals surface area contributed by atoms with Crippen molar-refractivity contribution >= 4 is 5.91 Å².